The van der Waals surface area contributed by atoms with Gasteiger partial charge in [-0.25, -0.2) is 4.98 Å². The highest BCUT2D eigenvalue weighted by Crippen LogP contribution is 2.22. The fourth-order valence-corrected chi connectivity index (χ4v) is 3.45. The smallest absolute Gasteiger partial charge is 0.220 e. The normalized spacial score (nSPS) is 18.7. The number of benzene rings is 1. The number of carbonyl (C=O) groups is 1. The number of imidazole rings is 1. The van der Waals surface area contributed by atoms with Gasteiger partial charge in [-0.1, -0.05) is 31.2 Å². The number of carbonyl (C=O) groups excluding carboxylic acids is 1. The zero-order valence-electron chi connectivity index (χ0n) is 14.9. The molecule has 1 aromatic heterocycles. The molecule has 0 bridgehead atoms. The monoisotopic (exact) mass is 340 g/mol. The summed E-state index contributed by atoms with van der Waals surface area (Å²) in [6.45, 7) is 5.78. The Kier molecular flexibility index (Phi) is 6.23. The van der Waals surface area contributed by atoms with Gasteiger partial charge in [0.15, 0.2) is 0 Å². The molecule has 2 heterocycles. The van der Waals surface area contributed by atoms with Crippen molar-refractivity contribution in [2.45, 2.75) is 39.3 Å². The molecule has 0 spiro atoms. The molecule has 2 unspecified atom stereocenters. The van der Waals surface area contributed by atoms with E-state index in [4.69, 9.17) is 0 Å². The topological polar surface area (TPSA) is 59.0 Å². The minimum absolute atomic E-state index is 0.153. The molecule has 1 aliphatic rings. The first-order valence-electron chi connectivity index (χ1n) is 9.21. The van der Waals surface area contributed by atoms with Crippen LogP contribution in [0.15, 0.2) is 43.0 Å². The second-order valence-electron chi connectivity index (χ2n) is 7.12. The number of piperidine rings is 1. The third kappa shape index (κ3) is 5.43. The summed E-state index contributed by atoms with van der Waals surface area (Å²) in [5.41, 5.74) is 2.36. The van der Waals surface area contributed by atoms with Gasteiger partial charge in [-0.3, -0.25) is 4.79 Å². The summed E-state index contributed by atoms with van der Waals surface area (Å²) in [5.74, 6) is 1.22. The van der Waals surface area contributed by atoms with E-state index in [1.165, 1.54) is 18.4 Å². The van der Waals surface area contributed by atoms with Gasteiger partial charge < -0.3 is 15.2 Å². The first-order chi connectivity index (χ1) is 12.2. The van der Waals surface area contributed by atoms with Crippen LogP contribution in [0.25, 0.3) is 0 Å². The molecule has 1 aliphatic heterocycles. The van der Waals surface area contributed by atoms with E-state index in [0.717, 1.165) is 25.2 Å². The number of aromatic nitrogens is 2. The highest BCUT2D eigenvalue weighted by molar-refractivity contribution is 5.76. The number of rotatable bonds is 7. The molecule has 0 saturated carbocycles. The van der Waals surface area contributed by atoms with Crippen molar-refractivity contribution in [1.29, 1.82) is 0 Å². The average Bonchev–Trinajstić information content (AvgIpc) is 3.15. The van der Waals surface area contributed by atoms with Gasteiger partial charge in [0.25, 0.3) is 0 Å². The van der Waals surface area contributed by atoms with E-state index in [0.29, 0.717) is 24.8 Å². The molecule has 2 N–H and O–H groups in total. The van der Waals surface area contributed by atoms with Crippen molar-refractivity contribution in [1.82, 2.24) is 20.2 Å². The molecule has 1 saturated heterocycles. The number of hydrogen-bond acceptors (Lipinski definition) is 3. The summed E-state index contributed by atoms with van der Waals surface area (Å²) >= 11 is 0. The summed E-state index contributed by atoms with van der Waals surface area (Å²) < 4.78 is 2.04. The Morgan fingerprint density at radius 2 is 2.16 bits per heavy atom. The van der Waals surface area contributed by atoms with E-state index < -0.39 is 0 Å². The molecule has 2 atom stereocenters. The van der Waals surface area contributed by atoms with Crippen molar-refractivity contribution in [3.05, 3.63) is 54.1 Å². The van der Waals surface area contributed by atoms with Crippen molar-refractivity contribution >= 4 is 5.91 Å². The number of amides is 1. The molecule has 0 aliphatic carbocycles. The molecular weight excluding hydrogens is 312 g/mol. The van der Waals surface area contributed by atoms with Gasteiger partial charge in [0.1, 0.15) is 0 Å². The Hall–Kier alpha value is -2.14. The lowest BCUT2D eigenvalue weighted by atomic mass is 9.85. The molecule has 25 heavy (non-hydrogen) atoms. The molecule has 2 aromatic rings. The lowest BCUT2D eigenvalue weighted by molar-refractivity contribution is -0.122. The molecule has 3 rings (SSSR count). The van der Waals surface area contributed by atoms with E-state index >= 15 is 0 Å². The van der Waals surface area contributed by atoms with Crippen LogP contribution in [0.4, 0.5) is 0 Å². The van der Waals surface area contributed by atoms with E-state index in [-0.39, 0.29) is 5.91 Å². The van der Waals surface area contributed by atoms with Crippen LogP contribution >= 0.6 is 0 Å². The molecule has 134 valence electrons. The minimum atomic E-state index is 0.153. The molecule has 1 amide bonds. The fourth-order valence-electron chi connectivity index (χ4n) is 3.45. The van der Waals surface area contributed by atoms with Gasteiger partial charge in [-0.05, 0) is 48.9 Å². The third-order valence-corrected chi connectivity index (χ3v) is 5.08. The van der Waals surface area contributed by atoms with Crippen molar-refractivity contribution in [3.63, 3.8) is 0 Å². The molecule has 0 radical (unpaired) electrons. The molecule has 5 nitrogen and oxygen atoms in total. The largest absolute Gasteiger partial charge is 0.352 e. The fraction of sp³-hybridized carbons (Fsp3) is 0.500. The van der Waals surface area contributed by atoms with E-state index in [2.05, 4.69) is 46.8 Å². The number of hydrogen-bond donors (Lipinski definition) is 2. The van der Waals surface area contributed by atoms with E-state index in [1.807, 2.05) is 17.1 Å². The Labute approximate surface area is 149 Å². The summed E-state index contributed by atoms with van der Waals surface area (Å²) in [7, 11) is 0. The zero-order chi connectivity index (χ0) is 17.5. The predicted molar refractivity (Wildman–Crippen MR) is 99.0 cm³/mol. The molecular formula is C20H28N4O. The van der Waals surface area contributed by atoms with Crippen LogP contribution in [0.5, 0.6) is 0 Å². The Balaban J connectivity index is 1.42. The molecule has 1 fully saturated rings. The van der Waals surface area contributed by atoms with Crippen LogP contribution in [0.2, 0.25) is 0 Å². The second kappa shape index (κ2) is 8.81. The van der Waals surface area contributed by atoms with Crippen molar-refractivity contribution in [2.24, 2.45) is 11.8 Å². The maximum atomic E-state index is 12.2. The quantitative estimate of drug-likeness (QED) is 0.814. The highest BCUT2D eigenvalue weighted by Gasteiger charge is 2.21. The van der Waals surface area contributed by atoms with E-state index in [9.17, 15) is 4.79 Å². The van der Waals surface area contributed by atoms with Gasteiger partial charge in [0.2, 0.25) is 5.91 Å². The predicted octanol–water partition coefficient (Wildman–Crippen LogP) is 2.57. The van der Waals surface area contributed by atoms with Crippen LogP contribution in [0.3, 0.4) is 0 Å². The van der Waals surface area contributed by atoms with Crippen LogP contribution in [0, 0.1) is 11.8 Å². The molecule has 5 heteroatoms. The zero-order valence-corrected chi connectivity index (χ0v) is 14.9. The Bertz CT molecular complexity index is 645. The summed E-state index contributed by atoms with van der Waals surface area (Å²) in [4.78, 5) is 16.3. The maximum Gasteiger partial charge on any atom is 0.220 e. The second-order valence-corrected chi connectivity index (χ2v) is 7.12. The van der Waals surface area contributed by atoms with Gasteiger partial charge >= 0.3 is 0 Å². The van der Waals surface area contributed by atoms with Gasteiger partial charge in [0, 0.05) is 31.9 Å². The van der Waals surface area contributed by atoms with Crippen LogP contribution in [-0.4, -0.2) is 28.5 Å². The van der Waals surface area contributed by atoms with Crippen LogP contribution in [-0.2, 0) is 17.9 Å². The van der Waals surface area contributed by atoms with Gasteiger partial charge in [0.05, 0.1) is 6.33 Å². The first-order valence-corrected chi connectivity index (χ1v) is 9.21. The summed E-state index contributed by atoms with van der Waals surface area (Å²) in [6, 6.07) is 8.39. The summed E-state index contributed by atoms with van der Waals surface area (Å²) in [6.07, 6.45) is 8.63. The standard InChI is InChI=1S/C20H28N4O/c1-16(19-3-2-8-21-13-19)11-20(25)23-12-17-4-6-18(7-5-17)14-24-10-9-22-15-24/h4-7,9-10,15-16,19,21H,2-3,8,11-14H2,1H3,(H,23,25). The Morgan fingerprint density at radius 1 is 1.36 bits per heavy atom. The van der Waals surface area contributed by atoms with Crippen LogP contribution < -0.4 is 10.6 Å². The number of nitrogens with zero attached hydrogens (tertiary/aromatic N) is 2. The van der Waals surface area contributed by atoms with Gasteiger partial charge in [-0.15, -0.1) is 0 Å². The average molecular weight is 340 g/mol. The van der Waals surface area contributed by atoms with Gasteiger partial charge in [-0.2, -0.15) is 0 Å². The minimum Gasteiger partial charge on any atom is -0.352 e. The SMILES string of the molecule is CC(CC(=O)NCc1ccc(Cn2ccnc2)cc1)C1CCCNC1. The van der Waals surface area contributed by atoms with Crippen molar-refractivity contribution in [2.75, 3.05) is 13.1 Å². The maximum absolute atomic E-state index is 12.2. The highest BCUT2D eigenvalue weighted by atomic mass is 16.1. The number of nitrogens with one attached hydrogen (secondary N) is 2. The van der Waals surface area contributed by atoms with Crippen LogP contribution in [0.1, 0.15) is 37.3 Å². The third-order valence-electron chi connectivity index (χ3n) is 5.08. The lowest BCUT2D eigenvalue weighted by Gasteiger charge is -2.28. The summed E-state index contributed by atoms with van der Waals surface area (Å²) in [5, 5.41) is 6.49. The Morgan fingerprint density at radius 3 is 2.84 bits per heavy atom. The lowest BCUT2D eigenvalue weighted by Crippen LogP contribution is -2.35. The molecule has 1 aromatic carbocycles. The van der Waals surface area contributed by atoms with Crippen molar-refractivity contribution in [3.8, 4) is 0 Å². The van der Waals surface area contributed by atoms with E-state index in [1.54, 1.807) is 6.20 Å². The van der Waals surface area contributed by atoms with Crippen molar-refractivity contribution < 1.29 is 4.79 Å². The first kappa shape index (κ1) is 17.7.